The first-order valence-electron chi connectivity index (χ1n) is 5.86. The van der Waals surface area contributed by atoms with Crippen molar-refractivity contribution in [1.82, 2.24) is 0 Å². The summed E-state index contributed by atoms with van der Waals surface area (Å²) in [5.41, 5.74) is 19.9. The topological polar surface area (TPSA) is 107 Å². The van der Waals surface area contributed by atoms with Crippen molar-refractivity contribution < 1.29 is 4.79 Å². The Bertz CT molecular complexity index is 610. The van der Waals surface area contributed by atoms with Crippen LogP contribution in [0.2, 0.25) is 0 Å². The lowest BCUT2D eigenvalue weighted by atomic mass is 10.1. The molecule has 0 heterocycles. The van der Waals surface area contributed by atoms with Gasteiger partial charge in [0.25, 0.3) is 5.91 Å². The van der Waals surface area contributed by atoms with Crippen LogP contribution in [-0.4, -0.2) is 5.91 Å². The highest BCUT2D eigenvalue weighted by molar-refractivity contribution is 6.08. The van der Waals surface area contributed by atoms with Crippen LogP contribution >= 0.6 is 0 Å². The fourth-order valence-electron chi connectivity index (χ4n) is 1.75. The summed E-state index contributed by atoms with van der Waals surface area (Å²) in [6, 6.07) is 12.2. The molecule has 19 heavy (non-hydrogen) atoms. The number of amides is 1. The van der Waals surface area contributed by atoms with Crippen LogP contribution in [0.3, 0.4) is 0 Å². The number of nitrogens with two attached hydrogens (primary N) is 3. The van der Waals surface area contributed by atoms with E-state index in [-0.39, 0.29) is 5.91 Å². The fourth-order valence-corrected chi connectivity index (χ4v) is 1.75. The molecule has 5 nitrogen and oxygen atoms in total. The highest BCUT2D eigenvalue weighted by Crippen LogP contribution is 2.21. The van der Waals surface area contributed by atoms with Gasteiger partial charge in [0.15, 0.2) is 0 Å². The second kappa shape index (κ2) is 5.41. The van der Waals surface area contributed by atoms with Crippen molar-refractivity contribution in [3.63, 3.8) is 0 Å². The summed E-state index contributed by atoms with van der Waals surface area (Å²) in [6.07, 6.45) is 0. The smallest absolute Gasteiger partial charge is 0.257 e. The zero-order valence-corrected chi connectivity index (χ0v) is 10.4. The largest absolute Gasteiger partial charge is 0.398 e. The summed E-state index contributed by atoms with van der Waals surface area (Å²) in [5, 5.41) is 2.73. The molecular weight excluding hydrogens is 240 g/mol. The molecule has 0 fully saturated rings. The molecule has 2 aromatic carbocycles. The van der Waals surface area contributed by atoms with Crippen LogP contribution in [0.1, 0.15) is 15.9 Å². The molecule has 7 N–H and O–H groups in total. The summed E-state index contributed by atoms with van der Waals surface area (Å²) in [6.45, 7) is 0.407. The first-order valence-corrected chi connectivity index (χ1v) is 5.86. The van der Waals surface area contributed by atoms with Crippen molar-refractivity contribution in [2.45, 2.75) is 6.54 Å². The summed E-state index contributed by atoms with van der Waals surface area (Å²) in [7, 11) is 0. The number of benzene rings is 2. The van der Waals surface area contributed by atoms with E-state index in [2.05, 4.69) is 5.32 Å². The zero-order chi connectivity index (χ0) is 13.8. The number of hydrogen-bond donors (Lipinski definition) is 4. The Hall–Kier alpha value is -2.53. The molecule has 0 unspecified atom stereocenters. The van der Waals surface area contributed by atoms with Gasteiger partial charge in [0.2, 0.25) is 0 Å². The van der Waals surface area contributed by atoms with Gasteiger partial charge in [-0.25, -0.2) is 0 Å². The number of anilines is 3. The third-order valence-corrected chi connectivity index (χ3v) is 2.81. The lowest BCUT2D eigenvalue weighted by Gasteiger charge is -2.10. The van der Waals surface area contributed by atoms with Crippen LogP contribution in [0, 0.1) is 0 Å². The van der Waals surface area contributed by atoms with E-state index in [1.165, 1.54) is 0 Å². The summed E-state index contributed by atoms with van der Waals surface area (Å²) in [5.74, 6) is -0.287. The number of carbonyl (C=O) groups is 1. The average molecular weight is 256 g/mol. The summed E-state index contributed by atoms with van der Waals surface area (Å²) in [4.78, 5) is 12.1. The number of hydrogen-bond acceptors (Lipinski definition) is 4. The summed E-state index contributed by atoms with van der Waals surface area (Å²) >= 11 is 0. The molecule has 0 saturated carbocycles. The first-order chi connectivity index (χ1) is 9.11. The Morgan fingerprint density at radius 2 is 1.79 bits per heavy atom. The number of rotatable bonds is 3. The SMILES string of the molecule is NCc1ccc(NC(=O)c2ccccc2N)c(N)c1. The summed E-state index contributed by atoms with van der Waals surface area (Å²) < 4.78 is 0. The van der Waals surface area contributed by atoms with Gasteiger partial charge in [0.1, 0.15) is 0 Å². The van der Waals surface area contributed by atoms with Crippen LogP contribution in [0.25, 0.3) is 0 Å². The Kier molecular flexibility index (Phi) is 3.68. The molecule has 2 rings (SSSR count). The average Bonchev–Trinajstić information content (AvgIpc) is 2.41. The van der Waals surface area contributed by atoms with E-state index < -0.39 is 0 Å². The van der Waals surface area contributed by atoms with Crippen molar-refractivity contribution in [2.24, 2.45) is 5.73 Å². The first kappa shape index (κ1) is 12.9. The molecule has 98 valence electrons. The highest BCUT2D eigenvalue weighted by atomic mass is 16.1. The Labute approximate surface area is 111 Å². The molecule has 0 spiro atoms. The lowest BCUT2D eigenvalue weighted by molar-refractivity contribution is 0.102. The molecule has 1 amide bonds. The van der Waals surface area contributed by atoms with Crippen molar-refractivity contribution >= 4 is 23.0 Å². The van der Waals surface area contributed by atoms with Crippen molar-refractivity contribution in [3.05, 3.63) is 53.6 Å². The number of nitrogen functional groups attached to an aromatic ring is 2. The molecular formula is C14H16N4O. The number of carbonyl (C=O) groups excluding carboxylic acids is 1. The zero-order valence-electron chi connectivity index (χ0n) is 10.4. The predicted molar refractivity (Wildman–Crippen MR) is 77.6 cm³/mol. The maximum absolute atomic E-state index is 12.1. The van der Waals surface area contributed by atoms with E-state index in [1.54, 1.807) is 36.4 Å². The number of para-hydroxylation sites is 1. The van der Waals surface area contributed by atoms with Crippen molar-refractivity contribution in [2.75, 3.05) is 16.8 Å². The minimum absolute atomic E-state index is 0.287. The van der Waals surface area contributed by atoms with Crippen LogP contribution < -0.4 is 22.5 Å². The predicted octanol–water partition coefficient (Wildman–Crippen LogP) is 1.56. The van der Waals surface area contributed by atoms with Crippen molar-refractivity contribution in [3.8, 4) is 0 Å². The van der Waals surface area contributed by atoms with E-state index in [9.17, 15) is 4.79 Å². The van der Waals surface area contributed by atoms with Crippen LogP contribution in [-0.2, 0) is 6.54 Å². The normalized spacial score (nSPS) is 10.2. The van der Waals surface area contributed by atoms with Gasteiger partial charge in [-0.15, -0.1) is 0 Å². The van der Waals surface area contributed by atoms with Crippen LogP contribution in [0.4, 0.5) is 17.1 Å². The fraction of sp³-hybridized carbons (Fsp3) is 0.0714. The van der Waals surface area contributed by atoms with E-state index in [1.807, 2.05) is 6.07 Å². The maximum Gasteiger partial charge on any atom is 0.257 e. The van der Waals surface area contributed by atoms with Crippen molar-refractivity contribution in [1.29, 1.82) is 0 Å². The second-order valence-corrected chi connectivity index (χ2v) is 4.17. The molecule has 0 atom stereocenters. The Morgan fingerprint density at radius 3 is 2.42 bits per heavy atom. The molecule has 0 bridgehead atoms. The van der Waals surface area contributed by atoms with Gasteiger partial charge in [-0.2, -0.15) is 0 Å². The van der Waals surface area contributed by atoms with E-state index >= 15 is 0 Å². The van der Waals surface area contributed by atoms with E-state index in [4.69, 9.17) is 17.2 Å². The van der Waals surface area contributed by atoms with Crippen LogP contribution in [0.15, 0.2) is 42.5 Å². The van der Waals surface area contributed by atoms with E-state index in [0.717, 1.165) is 5.56 Å². The quantitative estimate of drug-likeness (QED) is 0.625. The molecule has 0 saturated heterocycles. The monoisotopic (exact) mass is 256 g/mol. The minimum Gasteiger partial charge on any atom is -0.398 e. The standard InChI is InChI=1S/C14H16N4O/c15-8-9-5-6-13(12(17)7-9)18-14(19)10-3-1-2-4-11(10)16/h1-7H,8,15-17H2,(H,18,19). The molecule has 0 radical (unpaired) electrons. The second-order valence-electron chi connectivity index (χ2n) is 4.17. The van der Waals surface area contributed by atoms with Crippen LogP contribution in [0.5, 0.6) is 0 Å². The van der Waals surface area contributed by atoms with Gasteiger partial charge in [-0.1, -0.05) is 18.2 Å². The van der Waals surface area contributed by atoms with Gasteiger partial charge < -0.3 is 22.5 Å². The van der Waals surface area contributed by atoms with Gasteiger partial charge in [-0.3, -0.25) is 4.79 Å². The molecule has 2 aromatic rings. The lowest BCUT2D eigenvalue weighted by Crippen LogP contribution is -2.15. The van der Waals surface area contributed by atoms with E-state index in [0.29, 0.717) is 29.2 Å². The Balaban J connectivity index is 2.22. The third-order valence-electron chi connectivity index (χ3n) is 2.81. The maximum atomic E-state index is 12.1. The minimum atomic E-state index is -0.287. The van der Waals surface area contributed by atoms with Gasteiger partial charge in [0, 0.05) is 12.2 Å². The molecule has 5 heteroatoms. The Morgan fingerprint density at radius 1 is 1.05 bits per heavy atom. The molecule has 0 aliphatic rings. The number of nitrogens with one attached hydrogen (secondary N) is 1. The van der Waals surface area contributed by atoms with Gasteiger partial charge in [-0.05, 0) is 29.8 Å². The third kappa shape index (κ3) is 2.83. The highest BCUT2D eigenvalue weighted by Gasteiger charge is 2.10. The molecule has 0 aliphatic carbocycles. The van der Waals surface area contributed by atoms with Gasteiger partial charge in [0.05, 0.1) is 16.9 Å². The molecule has 0 aromatic heterocycles. The molecule has 0 aliphatic heterocycles. The van der Waals surface area contributed by atoms with Gasteiger partial charge >= 0.3 is 0 Å².